The molecule has 1 aliphatic heterocycles. The van der Waals surface area contributed by atoms with Crippen LogP contribution in [0.5, 0.6) is 0 Å². The number of benzene rings is 2. The van der Waals surface area contributed by atoms with E-state index >= 15 is 0 Å². The molecule has 2 aromatic heterocycles. The number of aromatic nitrogens is 4. The Balaban J connectivity index is 1.58. The number of hydrogen-bond acceptors (Lipinski definition) is 6. The molecule has 7 heteroatoms. The molecule has 2 aromatic carbocycles. The molecule has 1 fully saturated rings. The van der Waals surface area contributed by atoms with Crippen LogP contribution in [0.15, 0.2) is 59.1 Å². The summed E-state index contributed by atoms with van der Waals surface area (Å²) in [6, 6.07) is 20.2. The molecule has 0 bridgehead atoms. The van der Waals surface area contributed by atoms with Gasteiger partial charge in [-0.15, -0.1) is 0 Å². The topological polar surface area (TPSA) is 83.8 Å². The van der Waals surface area contributed by atoms with E-state index in [4.69, 9.17) is 9.62 Å². The van der Waals surface area contributed by atoms with Crippen molar-refractivity contribution in [2.45, 2.75) is 26.7 Å². The highest BCUT2D eigenvalue weighted by Crippen LogP contribution is 2.33. The van der Waals surface area contributed by atoms with Crippen LogP contribution in [-0.4, -0.2) is 33.0 Å². The highest BCUT2D eigenvalue weighted by molar-refractivity contribution is 5.90. The van der Waals surface area contributed by atoms with Crippen LogP contribution in [0.2, 0.25) is 0 Å². The van der Waals surface area contributed by atoms with Crippen LogP contribution in [0, 0.1) is 25.2 Å². The highest BCUT2D eigenvalue weighted by atomic mass is 16.5. The molecule has 0 atom stereocenters. The summed E-state index contributed by atoms with van der Waals surface area (Å²) in [4.78, 5) is 6.82. The van der Waals surface area contributed by atoms with Gasteiger partial charge in [-0.25, -0.2) is 4.68 Å². The van der Waals surface area contributed by atoms with E-state index in [0.29, 0.717) is 11.4 Å². The minimum atomic E-state index is 0.201. The van der Waals surface area contributed by atoms with Gasteiger partial charge < -0.3 is 9.42 Å². The molecule has 1 aliphatic rings. The zero-order valence-corrected chi connectivity index (χ0v) is 18.7. The second kappa shape index (κ2) is 8.75. The predicted molar refractivity (Wildman–Crippen MR) is 128 cm³/mol. The minimum absolute atomic E-state index is 0.201. The Labute approximate surface area is 192 Å². The largest absolute Gasteiger partial charge is 0.356 e. The fourth-order valence-corrected chi connectivity index (χ4v) is 4.12. The van der Waals surface area contributed by atoms with Crippen molar-refractivity contribution in [3.63, 3.8) is 0 Å². The third-order valence-corrected chi connectivity index (χ3v) is 5.86. The lowest BCUT2D eigenvalue weighted by molar-refractivity contribution is 0.409. The van der Waals surface area contributed by atoms with Gasteiger partial charge in [0.2, 0.25) is 5.82 Å². The first-order chi connectivity index (χ1) is 16.1. The van der Waals surface area contributed by atoms with Crippen molar-refractivity contribution in [2.75, 3.05) is 18.0 Å². The standard InChI is InChI=1S/C26H24N6O/c1-18-10-12-20(13-11-18)24-28-25(33-30-24)21(17-27)16-23-19(2)29-32(22-8-4-3-5-9-22)26(23)31-14-6-7-15-31/h3-5,8-13,16H,6-7,14-15H2,1-2H3. The first-order valence-corrected chi connectivity index (χ1v) is 11.1. The summed E-state index contributed by atoms with van der Waals surface area (Å²) in [5.41, 5.74) is 5.04. The first kappa shape index (κ1) is 20.7. The first-order valence-electron chi connectivity index (χ1n) is 11.1. The molecule has 1 saturated heterocycles. The second-order valence-corrected chi connectivity index (χ2v) is 8.22. The van der Waals surface area contributed by atoms with Gasteiger partial charge >= 0.3 is 0 Å². The smallest absolute Gasteiger partial charge is 0.268 e. The number of nitriles is 1. The summed E-state index contributed by atoms with van der Waals surface area (Å²) in [6.07, 6.45) is 4.09. The quantitative estimate of drug-likeness (QED) is 0.400. The summed E-state index contributed by atoms with van der Waals surface area (Å²) in [5, 5.41) is 18.9. The lowest BCUT2D eigenvalue weighted by atomic mass is 10.1. The van der Waals surface area contributed by atoms with Crippen LogP contribution >= 0.6 is 0 Å². The third-order valence-electron chi connectivity index (χ3n) is 5.86. The fourth-order valence-electron chi connectivity index (χ4n) is 4.12. The predicted octanol–water partition coefficient (Wildman–Crippen LogP) is 5.20. The fraction of sp³-hybridized carbons (Fsp3) is 0.231. The molecule has 164 valence electrons. The van der Waals surface area contributed by atoms with Gasteiger partial charge in [-0.3, -0.25) is 0 Å². The Morgan fingerprint density at radius 3 is 2.45 bits per heavy atom. The van der Waals surface area contributed by atoms with Crippen LogP contribution in [-0.2, 0) is 0 Å². The van der Waals surface area contributed by atoms with Crippen molar-refractivity contribution < 1.29 is 4.52 Å². The zero-order chi connectivity index (χ0) is 22.8. The molecule has 0 unspecified atom stereocenters. The molecule has 0 amide bonds. The van der Waals surface area contributed by atoms with Gasteiger partial charge in [0.15, 0.2) is 0 Å². The van der Waals surface area contributed by atoms with Crippen molar-refractivity contribution in [2.24, 2.45) is 0 Å². The lowest BCUT2D eigenvalue weighted by Gasteiger charge is -2.20. The van der Waals surface area contributed by atoms with Gasteiger partial charge in [-0.05, 0) is 44.9 Å². The average Bonchev–Trinajstić information content (AvgIpc) is 3.59. The molecule has 0 spiro atoms. The van der Waals surface area contributed by atoms with E-state index in [1.807, 2.05) is 79.2 Å². The molecule has 33 heavy (non-hydrogen) atoms. The van der Waals surface area contributed by atoms with Crippen molar-refractivity contribution in [3.05, 3.63) is 77.3 Å². The summed E-state index contributed by atoms with van der Waals surface area (Å²) in [6.45, 7) is 5.90. The maximum absolute atomic E-state index is 9.94. The van der Waals surface area contributed by atoms with Crippen molar-refractivity contribution >= 4 is 17.5 Å². The maximum Gasteiger partial charge on any atom is 0.268 e. The zero-order valence-electron chi connectivity index (χ0n) is 18.7. The molecule has 0 aliphatic carbocycles. The molecule has 7 nitrogen and oxygen atoms in total. The summed E-state index contributed by atoms with van der Waals surface area (Å²) in [5.74, 6) is 1.65. The molecule has 0 N–H and O–H groups in total. The molecule has 5 rings (SSSR count). The van der Waals surface area contributed by atoms with Gasteiger partial charge in [0, 0.05) is 24.2 Å². The van der Waals surface area contributed by atoms with Gasteiger partial charge in [-0.1, -0.05) is 53.2 Å². The number of allylic oxidation sites excluding steroid dienone is 1. The third kappa shape index (κ3) is 4.03. The Bertz CT molecular complexity index is 1340. The van der Waals surface area contributed by atoms with Crippen molar-refractivity contribution in [1.29, 1.82) is 5.26 Å². The number of rotatable bonds is 5. The van der Waals surface area contributed by atoms with Gasteiger partial charge in [0.05, 0.1) is 11.4 Å². The Morgan fingerprint density at radius 1 is 1.03 bits per heavy atom. The van der Waals surface area contributed by atoms with Crippen molar-refractivity contribution in [3.8, 4) is 23.1 Å². The van der Waals surface area contributed by atoms with Gasteiger partial charge in [-0.2, -0.15) is 15.3 Å². The number of hydrogen-bond donors (Lipinski definition) is 0. The molecular formula is C26H24N6O. The minimum Gasteiger partial charge on any atom is -0.356 e. The van der Waals surface area contributed by atoms with E-state index in [9.17, 15) is 5.26 Å². The monoisotopic (exact) mass is 436 g/mol. The summed E-state index contributed by atoms with van der Waals surface area (Å²) >= 11 is 0. The molecular weight excluding hydrogens is 412 g/mol. The van der Waals surface area contributed by atoms with Crippen LogP contribution in [0.1, 0.15) is 35.6 Å². The molecule has 3 heterocycles. The molecule has 4 aromatic rings. The van der Waals surface area contributed by atoms with Crippen LogP contribution < -0.4 is 4.90 Å². The summed E-state index contributed by atoms with van der Waals surface area (Å²) < 4.78 is 7.44. The van der Waals surface area contributed by atoms with Crippen LogP contribution in [0.4, 0.5) is 5.82 Å². The summed E-state index contributed by atoms with van der Waals surface area (Å²) in [7, 11) is 0. The second-order valence-electron chi connectivity index (χ2n) is 8.22. The van der Waals surface area contributed by atoms with E-state index in [1.54, 1.807) is 0 Å². The van der Waals surface area contributed by atoms with Gasteiger partial charge in [0.25, 0.3) is 5.89 Å². The van der Waals surface area contributed by atoms with E-state index in [-0.39, 0.29) is 5.89 Å². The van der Waals surface area contributed by atoms with E-state index in [1.165, 1.54) is 0 Å². The Morgan fingerprint density at radius 2 is 1.76 bits per heavy atom. The van der Waals surface area contributed by atoms with Crippen molar-refractivity contribution in [1.82, 2.24) is 19.9 Å². The number of anilines is 1. The molecule has 0 radical (unpaired) electrons. The van der Waals surface area contributed by atoms with E-state index in [0.717, 1.165) is 59.8 Å². The Kier molecular flexibility index (Phi) is 5.49. The number of para-hydroxylation sites is 1. The number of nitrogens with zero attached hydrogens (tertiary/aromatic N) is 6. The SMILES string of the molecule is Cc1ccc(-c2noc(C(C#N)=Cc3c(C)nn(-c4ccccc4)c3N3CCCC3)n2)cc1. The highest BCUT2D eigenvalue weighted by Gasteiger charge is 2.24. The molecule has 0 saturated carbocycles. The van der Waals surface area contributed by atoms with Crippen LogP contribution in [0.3, 0.4) is 0 Å². The maximum atomic E-state index is 9.94. The number of aryl methyl sites for hydroxylation is 2. The Hall–Kier alpha value is -4.18. The lowest BCUT2D eigenvalue weighted by Crippen LogP contribution is -2.22. The average molecular weight is 437 g/mol. The van der Waals surface area contributed by atoms with E-state index < -0.39 is 0 Å². The van der Waals surface area contributed by atoms with Crippen LogP contribution in [0.25, 0.3) is 28.7 Å². The van der Waals surface area contributed by atoms with E-state index in [2.05, 4.69) is 21.1 Å². The van der Waals surface area contributed by atoms with Gasteiger partial charge in [0.1, 0.15) is 17.5 Å². The normalized spacial score (nSPS) is 14.0.